The van der Waals surface area contributed by atoms with Crippen molar-refractivity contribution in [2.24, 2.45) is 0 Å². The molecule has 2 aromatic carbocycles. The van der Waals surface area contributed by atoms with Crippen molar-refractivity contribution in [2.75, 3.05) is 0 Å². The maximum atomic E-state index is 9.70. The van der Waals surface area contributed by atoms with E-state index < -0.39 is 6.10 Å². The van der Waals surface area contributed by atoms with Gasteiger partial charge in [0.2, 0.25) is 0 Å². The minimum absolute atomic E-state index is 0.441. The molecule has 0 heterocycles. The van der Waals surface area contributed by atoms with E-state index >= 15 is 0 Å². The average molecular weight is 238 g/mol. The molecule has 0 saturated heterocycles. The summed E-state index contributed by atoms with van der Waals surface area (Å²) in [7, 11) is 0. The number of hydrogen-bond donors (Lipinski definition) is 1. The fourth-order valence-corrected chi connectivity index (χ4v) is 1.91. The molecule has 18 heavy (non-hydrogen) atoms. The molecule has 0 aliphatic carbocycles. The lowest BCUT2D eigenvalue weighted by molar-refractivity contribution is 0.199. The second-order valence-electron chi connectivity index (χ2n) is 4.55. The number of benzene rings is 2. The lowest BCUT2D eigenvalue weighted by atomic mass is 10.0. The van der Waals surface area contributed by atoms with Gasteiger partial charge in [0.1, 0.15) is 0 Å². The van der Waals surface area contributed by atoms with Gasteiger partial charge in [0.25, 0.3) is 0 Å². The minimum Gasteiger partial charge on any atom is -0.389 e. The first-order chi connectivity index (χ1) is 8.66. The smallest absolute Gasteiger partial charge is 0.0767 e. The molecular weight excluding hydrogens is 220 g/mol. The van der Waals surface area contributed by atoms with E-state index in [0.717, 1.165) is 11.1 Å². The van der Waals surface area contributed by atoms with Crippen molar-refractivity contribution in [2.45, 2.75) is 20.0 Å². The molecule has 2 rings (SSSR count). The molecule has 0 aliphatic heterocycles. The number of hydrogen-bond acceptors (Lipinski definition) is 1. The molecule has 0 aliphatic rings. The first kappa shape index (κ1) is 12.6. The van der Waals surface area contributed by atoms with E-state index in [9.17, 15) is 5.11 Å². The van der Waals surface area contributed by atoms with Gasteiger partial charge in [0, 0.05) is 0 Å². The molecule has 92 valence electrons. The summed E-state index contributed by atoms with van der Waals surface area (Å²) < 4.78 is 0. The molecule has 0 amide bonds. The summed E-state index contributed by atoms with van der Waals surface area (Å²) in [4.78, 5) is 0. The van der Waals surface area contributed by atoms with Gasteiger partial charge in [0.05, 0.1) is 6.10 Å². The van der Waals surface area contributed by atoms with Crippen molar-refractivity contribution >= 4 is 12.2 Å². The Morgan fingerprint density at radius 1 is 0.944 bits per heavy atom. The third-order valence-corrected chi connectivity index (χ3v) is 2.98. The normalized spacial score (nSPS) is 12.8. The highest BCUT2D eigenvalue weighted by molar-refractivity contribution is 5.71. The van der Waals surface area contributed by atoms with Crippen LogP contribution >= 0.6 is 0 Å². The quantitative estimate of drug-likeness (QED) is 0.794. The van der Waals surface area contributed by atoms with E-state index in [-0.39, 0.29) is 0 Å². The monoisotopic (exact) mass is 238 g/mol. The zero-order valence-corrected chi connectivity index (χ0v) is 10.8. The maximum Gasteiger partial charge on any atom is 0.0767 e. The molecule has 0 saturated carbocycles. The van der Waals surface area contributed by atoms with Gasteiger partial charge in [0.15, 0.2) is 0 Å². The zero-order chi connectivity index (χ0) is 13.0. The van der Waals surface area contributed by atoms with Crippen LogP contribution < -0.4 is 0 Å². The number of aryl methyl sites for hydroxylation is 1. The number of aliphatic hydroxyl groups is 1. The second kappa shape index (κ2) is 5.65. The van der Waals surface area contributed by atoms with Crippen LogP contribution in [-0.4, -0.2) is 5.11 Å². The Hall–Kier alpha value is -1.86. The largest absolute Gasteiger partial charge is 0.389 e. The van der Waals surface area contributed by atoms with Crippen LogP contribution in [0.5, 0.6) is 0 Å². The molecule has 0 spiro atoms. The summed E-state index contributed by atoms with van der Waals surface area (Å²) in [6.07, 6.45) is 3.68. The SMILES string of the molecule is Cc1ccc(C=Cc2ccccc2C(C)O)cc1. The van der Waals surface area contributed by atoms with E-state index in [4.69, 9.17) is 0 Å². The Labute approximate surface area is 108 Å². The Morgan fingerprint density at radius 3 is 2.28 bits per heavy atom. The lowest BCUT2D eigenvalue weighted by Crippen LogP contribution is -1.93. The van der Waals surface area contributed by atoms with Gasteiger partial charge in [-0.2, -0.15) is 0 Å². The fraction of sp³-hybridized carbons (Fsp3) is 0.176. The van der Waals surface area contributed by atoms with Crippen molar-refractivity contribution in [3.63, 3.8) is 0 Å². The van der Waals surface area contributed by atoms with Gasteiger partial charge in [-0.1, -0.05) is 66.2 Å². The molecule has 1 unspecified atom stereocenters. The average Bonchev–Trinajstić information content (AvgIpc) is 2.38. The van der Waals surface area contributed by atoms with Crippen LogP contribution in [0.25, 0.3) is 12.2 Å². The summed E-state index contributed by atoms with van der Waals surface area (Å²) >= 11 is 0. The highest BCUT2D eigenvalue weighted by Gasteiger charge is 2.03. The van der Waals surface area contributed by atoms with E-state index in [1.165, 1.54) is 11.1 Å². The lowest BCUT2D eigenvalue weighted by Gasteiger charge is -2.08. The fourth-order valence-electron chi connectivity index (χ4n) is 1.91. The first-order valence-electron chi connectivity index (χ1n) is 6.18. The van der Waals surface area contributed by atoms with Crippen LogP contribution in [0.4, 0.5) is 0 Å². The van der Waals surface area contributed by atoms with Crippen molar-refractivity contribution in [3.8, 4) is 0 Å². The molecule has 1 heteroatoms. The maximum absolute atomic E-state index is 9.70. The van der Waals surface area contributed by atoms with Gasteiger partial charge in [-0.15, -0.1) is 0 Å². The molecule has 0 aromatic heterocycles. The summed E-state index contributed by atoms with van der Waals surface area (Å²) in [5, 5.41) is 9.70. The van der Waals surface area contributed by atoms with E-state index in [2.05, 4.69) is 37.3 Å². The summed E-state index contributed by atoms with van der Waals surface area (Å²) in [6, 6.07) is 16.3. The van der Waals surface area contributed by atoms with E-state index in [1.54, 1.807) is 6.92 Å². The van der Waals surface area contributed by atoms with Crippen molar-refractivity contribution < 1.29 is 5.11 Å². The van der Waals surface area contributed by atoms with Gasteiger partial charge in [-0.25, -0.2) is 0 Å². The van der Waals surface area contributed by atoms with Crippen molar-refractivity contribution in [1.82, 2.24) is 0 Å². The molecule has 2 aromatic rings. The number of rotatable bonds is 3. The van der Waals surface area contributed by atoms with E-state index in [0.29, 0.717) is 0 Å². The molecule has 0 fully saturated rings. The molecule has 1 atom stereocenters. The van der Waals surface area contributed by atoms with Crippen molar-refractivity contribution in [1.29, 1.82) is 0 Å². The van der Waals surface area contributed by atoms with Crippen LogP contribution in [0, 0.1) is 6.92 Å². The number of aliphatic hydroxyl groups excluding tert-OH is 1. The van der Waals surface area contributed by atoms with Gasteiger partial charge in [-0.3, -0.25) is 0 Å². The van der Waals surface area contributed by atoms with Gasteiger partial charge < -0.3 is 5.11 Å². The van der Waals surface area contributed by atoms with Gasteiger partial charge in [-0.05, 0) is 30.5 Å². The van der Waals surface area contributed by atoms with Crippen LogP contribution in [0.1, 0.15) is 35.3 Å². The molecule has 1 nitrogen and oxygen atoms in total. The third kappa shape index (κ3) is 3.08. The van der Waals surface area contributed by atoms with E-state index in [1.807, 2.05) is 30.3 Å². The Balaban J connectivity index is 2.26. The Bertz CT molecular complexity index is 536. The summed E-state index contributed by atoms with van der Waals surface area (Å²) in [5.74, 6) is 0. The van der Waals surface area contributed by atoms with Crippen molar-refractivity contribution in [3.05, 3.63) is 70.8 Å². The minimum atomic E-state index is -0.441. The zero-order valence-electron chi connectivity index (χ0n) is 10.8. The topological polar surface area (TPSA) is 20.2 Å². The molecule has 0 radical (unpaired) electrons. The molecular formula is C17H18O. The first-order valence-corrected chi connectivity index (χ1v) is 6.18. The third-order valence-electron chi connectivity index (χ3n) is 2.98. The molecule has 1 N–H and O–H groups in total. The standard InChI is InChI=1S/C17H18O/c1-13-7-9-15(10-8-13)11-12-16-5-3-4-6-17(16)14(2)18/h3-12,14,18H,1-2H3. The second-order valence-corrected chi connectivity index (χ2v) is 4.55. The molecule has 0 bridgehead atoms. The highest BCUT2D eigenvalue weighted by atomic mass is 16.3. The van der Waals surface area contributed by atoms with Crippen LogP contribution in [0.15, 0.2) is 48.5 Å². The summed E-state index contributed by atoms with van der Waals surface area (Å²) in [5.41, 5.74) is 4.45. The summed E-state index contributed by atoms with van der Waals surface area (Å²) in [6.45, 7) is 3.87. The van der Waals surface area contributed by atoms with Crippen LogP contribution in [0.3, 0.4) is 0 Å². The van der Waals surface area contributed by atoms with Crippen LogP contribution in [0.2, 0.25) is 0 Å². The predicted molar refractivity (Wildman–Crippen MR) is 77.2 cm³/mol. The Morgan fingerprint density at radius 2 is 1.61 bits per heavy atom. The van der Waals surface area contributed by atoms with Gasteiger partial charge >= 0.3 is 0 Å². The Kier molecular flexibility index (Phi) is 3.96. The highest BCUT2D eigenvalue weighted by Crippen LogP contribution is 2.19. The predicted octanol–water partition coefficient (Wildman–Crippen LogP) is 4.22. The van der Waals surface area contributed by atoms with Crippen LogP contribution in [-0.2, 0) is 0 Å².